The highest BCUT2D eigenvalue weighted by Crippen LogP contribution is 2.26. The zero-order chi connectivity index (χ0) is 11.5. The number of rotatable bonds is 3. The minimum Gasteiger partial charge on any atom is -0.307 e. The van der Waals surface area contributed by atoms with E-state index in [0.717, 1.165) is 0 Å². The normalized spacial score (nSPS) is 12.7. The molecule has 0 saturated heterocycles. The second-order valence-corrected chi connectivity index (χ2v) is 4.09. The average molecular weight is 285 g/mol. The quantitative estimate of drug-likeness (QED) is 0.907. The minimum atomic E-state index is -0.333. The first-order chi connectivity index (χ1) is 7.74. The molecule has 84 valence electrons. The topological polar surface area (TPSA) is 53.6 Å². The van der Waals surface area contributed by atoms with Crippen molar-refractivity contribution in [3.63, 3.8) is 0 Å². The number of aromatic nitrogens is 3. The number of hydrogen-bond acceptors (Lipinski definition) is 3. The van der Waals surface area contributed by atoms with E-state index in [1.54, 1.807) is 25.2 Å². The summed E-state index contributed by atoms with van der Waals surface area (Å²) < 4.78 is 14.3. The summed E-state index contributed by atoms with van der Waals surface area (Å²) in [5.74, 6) is 0.290. The van der Waals surface area contributed by atoms with Gasteiger partial charge in [0, 0.05) is 5.56 Å². The van der Waals surface area contributed by atoms with Crippen LogP contribution in [0.1, 0.15) is 17.4 Å². The van der Waals surface area contributed by atoms with Gasteiger partial charge in [0.05, 0.1) is 10.5 Å². The third-order valence-corrected chi connectivity index (χ3v) is 2.90. The van der Waals surface area contributed by atoms with Crippen LogP contribution in [0.15, 0.2) is 29.0 Å². The third-order valence-electron chi connectivity index (χ3n) is 2.29. The summed E-state index contributed by atoms with van der Waals surface area (Å²) in [6, 6.07) is 4.82. The summed E-state index contributed by atoms with van der Waals surface area (Å²) in [5, 5.41) is 9.48. The molecule has 2 aromatic rings. The first kappa shape index (κ1) is 11.2. The fraction of sp³-hybridized carbons (Fsp3) is 0.200. The molecule has 0 spiro atoms. The first-order valence-corrected chi connectivity index (χ1v) is 5.49. The molecule has 0 fully saturated rings. The van der Waals surface area contributed by atoms with Gasteiger partial charge in [0.15, 0.2) is 0 Å². The Hall–Kier alpha value is -1.27. The van der Waals surface area contributed by atoms with Crippen LogP contribution in [0.5, 0.6) is 0 Å². The SMILES string of the molecule is CNC(c1ncn[nH]1)c1cccc(Br)c1F. The maximum Gasteiger partial charge on any atom is 0.146 e. The lowest BCUT2D eigenvalue weighted by Gasteiger charge is -2.14. The lowest BCUT2D eigenvalue weighted by Crippen LogP contribution is -2.20. The zero-order valence-electron chi connectivity index (χ0n) is 8.54. The molecule has 0 radical (unpaired) electrons. The van der Waals surface area contributed by atoms with Gasteiger partial charge in [0.1, 0.15) is 18.0 Å². The van der Waals surface area contributed by atoms with E-state index >= 15 is 0 Å². The summed E-state index contributed by atoms with van der Waals surface area (Å²) in [5.41, 5.74) is 0.522. The summed E-state index contributed by atoms with van der Waals surface area (Å²) in [7, 11) is 1.74. The molecule has 1 atom stereocenters. The van der Waals surface area contributed by atoms with Gasteiger partial charge in [-0.1, -0.05) is 12.1 Å². The Balaban J connectivity index is 2.45. The van der Waals surface area contributed by atoms with Crippen molar-refractivity contribution in [2.24, 2.45) is 0 Å². The summed E-state index contributed by atoms with van der Waals surface area (Å²) in [6.45, 7) is 0. The van der Waals surface area contributed by atoms with Gasteiger partial charge in [0.25, 0.3) is 0 Å². The third kappa shape index (κ3) is 1.98. The highest BCUT2D eigenvalue weighted by Gasteiger charge is 2.19. The Labute approximate surface area is 100 Å². The molecule has 16 heavy (non-hydrogen) atoms. The van der Waals surface area contributed by atoms with Crippen LogP contribution in [-0.2, 0) is 0 Å². The van der Waals surface area contributed by atoms with Crippen LogP contribution >= 0.6 is 15.9 Å². The highest BCUT2D eigenvalue weighted by atomic mass is 79.9. The van der Waals surface area contributed by atoms with Gasteiger partial charge in [-0.05, 0) is 29.0 Å². The molecule has 1 heterocycles. The molecule has 2 rings (SSSR count). The van der Waals surface area contributed by atoms with E-state index in [-0.39, 0.29) is 11.9 Å². The Morgan fingerprint density at radius 1 is 1.50 bits per heavy atom. The van der Waals surface area contributed by atoms with Gasteiger partial charge in [0.2, 0.25) is 0 Å². The number of benzene rings is 1. The smallest absolute Gasteiger partial charge is 0.146 e. The van der Waals surface area contributed by atoms with Crippen LogP contribution in [0.2, 0.25) is 0 Å². The number of halogens is 2. The van der Waals surface area contributed by atoms with E-state index in [9.17, 15) is 4.39 Å². The lowest BCUT2D eigenvalue weighted by molar-refractivity contribution is 0.559. The molecule has 1 aromatic carbocycles. The second kappa shape index (κ2) is 4.71. The number of nitrogens with zero attached hydrogens (tertiary/aromatic N) is 2. The van der Waals surface area contributed by atoms with Gasteiger partial charge in [-0.25, -0.2) is 9.37 Å². The van der Waals surface area contributed by atoms with E-state index < -0.39 is 0 Å². The van der Waals surface area contributed by atoms with Crippen molar-refractivity contribution in [1.29, 1.82) is 0 Å². The maximum atomic E-state index is 13.9. The average Bonchev–Trinajstić information content (AvgIpc) is 2.79. The van der Waals surface area contributed by atoms with Crippen LogP contribution in [-0.4, -0.2) is 22.2 Å². The molecular formula is C10H10BrFN4. The highest BCUT2D eigenvalue weighted by molar-refractivity contribution is 9.10. The Morgan fingerprint density at radius 2 is 2.31 bits per heavy atom. The summed E-state index contributed by atoms with van der Waals surface area (Å²) >= 11 is 3.16. The molecule has 1 unspecified atom stereocenters. The van der Waals surface area contributed by atoms with Gasteiger partial charge >= 0.3 is 0 Å². The minimum absolute atomic E-state index is 0.293. The van der Waals surface area contributed by atoms with E-state index in [2.05, 4.69) is 36.4 Å². The van der Waals surface area contributed by atoms with Crippen molar-refractivity contribution in [2.75, 3.05) is 7.05 Å². The standard InChI is InChI=1S/C10H10BrFN4/c1-13-9(10-14-5-15-16-10)6-3-2-4-7(11)8(6)12/h2-5,9,13H,1H3,(H,14,15,16). The molecule has 0 aliphatic rings. The molecule has 0 bridgehead atoms. The van der Waals surface area contributed by atoms with Crippen molar-refractivity contribution in [3.8, 4) is 0 Å². The predicted molar refractivity (Wildman–Crippen MR) is 61.4 cm³/mol. The Kier molecular flexibility index (Phi) is 3.31. The Morgan fingerprint density at radius 3 is 2.94 bits per heavy atom. The number of hydrogen-bond donors (Lipinski definition) is 2. The van der Waals surface area contributed by atoms with E-state index in [1.165, 1.54) is 6.33 Å². The molecule has 0 saturated carbocycles. The number of nitrogens with one attached hydrogen (secondary N) is 2. The van der Waals surface area contributed by atoms with Crippen LogP contribution in [0, 0.1) is 5.82 Å². The molecule has 0 aliphatic heterocycles. The summed E-state index contributed by atoms with van der Waals surface area (Å²) in [4.78, 5) is 4.02. The molecule has 0 aliphatic carbocycles. The van der Waals surface area contributed by atoms with Crippen LogP contribution in [0.3, 0.4) is 0 Å². The van der Waals surface area contributed by atoms with Gasteiger partial charge in [-0.3, -0.25) is 5.10 Å². The molecule has 1 aromatic heterocycles. The largest absolute Gasteiger partial charge is 0.307 e. The first-order valence-electron chi connectivity index (χ1n) is 4.70. The Bertz CT molecular complexity index is 472. The zero-order valence-corrected chi connectivity index (χ0v) is 10.1. The van der Waals surface area contributed by atoms with Crippen LogP contribution in [0.4, 0.5) is 4.39 Å². The number of H-pyrrole nitrogens is 1. The second-order valence-electron chi connectivity index (χ2n) is 3.24. The molecular weight excluding hydrogens is 275 g/mol. The van der Waals surface area contributed by atoms with E-state index in [1.807, 2.05) is 0 Å². The molecule has 6 heteroatoms. The monoisotopic (exact) mass is 284 g/mol. The summed E-state index contributed by atoms with van der Waals surface area (Å²) in [6.07, 6.45) is 1.40. The van der Waals surface area contributed by atoms with Crippen molar-refractivity contribution in [1.82, 2.24) is 20.5 Å². The lowest BCUT2D eigenvalue weighted by atomic mass is 10.1. The van der Waals surface area contributed by atoms with E-state index in [0.29, 0.717) is 15.9 Å². The molecule has 4 nitrogen and oxygen atoms in total. The van der Waals surface area contributed by atoms with Crippen LogP contribution < -0.4 is 5.32 Å². The van der Waals surface area contributed by atoms with Crippen molar-refractivity contribution in [3.05, 3.63) is 46.2 Å². The fourth-order valence-corrected chi connectivity index (χ4v) is 1.92. The van der Waals surface area contributed by atoms with Gasteiger partial charge in [-0.15, -0.1) is 0 Å². The fourth-order valence-electron chi connectivity index (χ4n) is 1.54. The molecule has 2 N–H and O–H groups in total. The predicted octanol–water partition coefficient (Wildman–Crippen LogP) is 2.02. The van der Waals surface area contributed by atoms with Gasteiger partial charge < -0.3 is 5.32 Å². The van der Waals surface area contributed by atoms with Gasteiger partial charge in [-0.2, -0.15) is 5.10 Å². The van der Waals surface area contributed by atoms with E-state index in [4.69, 9.17) is 0 Å². The maximum absolute atomic E-state index is 13.9. The van der Waals surface area contributed by atoms with Crippen molar-refractivity contribution >= 4 is 15.9 Å². The molecule has 0 amide bonds. The van der Waals surface area contributed by atoms with Crippen molar-refractivity contribution in [2.45, 2.75) is 6.04 Å². The van der Waals surface area contributed by atoms with Crippen molar-refractivity contribution < 1.29 is 4.39 Å². The number of aromatic amines is 1. The van der Waals surface area contributed by atoms with Crippen LogP contribution in [0.25, 0.3) is 0 Å².